The molecule has 0 heterocycles. The average molecular weight is 136 g/mol. The summed E-state index contributed by atoms with van der Waals surface area (Å²) in [6.07, 6.45) is 0.625. The van der Waals surface area contributed by atoms with Crippen molar-refractivity contribution in [3.8, 4) is 6.07 Å². The summed E-state index contributed by atoms with van der Waals surface area (Å²) in [5, 5.41) is 7.62. The number of nitriles is 1. The van der Waals surface area contributed by atoms with E-state index in [0.29, 0.717) is 6.42 Å². The van der Waals surface area contributed by atoms with Crippen molar-refractivity contribution in [1.29, 1.82) is 5.26 Å². The van der Waals surface area contributed by atoms with Crippen LogP contribution in [0.15, 0.2) is 0 Å². The average Bonchev–Trinajstić information content (AvgIpc) is 1.88. The molecule has 0 bridgehead atoms. The van der Waals surface area contributed by atoms with Crippen LogP contribution < -0.4 is 0 Å². The number of hydrogen-bond donors (Lipinski definition) is 0. The predicted octanol–water partition coefficient (Wildman–Crippen LogP) is 1.23. The van der Waals surface area contributed by atoms with E-state index >= 15 is 0 Å². The minimum atomic E-state index is 0.140. The van der Waals surface area contributed by atoms with Crippen LogP contribution in [0.25, 0.3) is 0 Å². The lowest BCUT2D eigenvalue weighted by Crippen LogP contribution is -1.57. The van der Waals surface area contributed by atoms with Crippen molar-refractivity contribution in [1.82, 2.24) is 0 Å². The molecule has 0 aromatic heterocycles. The van der Waals surface area contributed by atoms with Crippen LogP contribution in [-0.2, 0) is 9.08 Å². The zero-order valence-corrected chi connectivity index (χ0v) is 5.18. The number of carbonyl (C=O) groups excluding carboxylic acids is 1. The van der Waals surface area contributed by atoms with E-state index in [9.17, 15) is 0 Å². The summed E-state index contributed by atoms with van der Waals surface area (Å²) in [5.74, 6) is 0. The van der Waals surface area contributed by atoms with Crippen molar-refractivity contribution in [2.24, 2.45) is 0 Å². The fourth-order valence-electron chi connectivity index (χ4n) is 0. The highest BCUT2D eigenvalue weighted by Crippen LogP contribution is 1.62. The first-order valence-corrected chi connectivity index (χ1v) is 2.22. The van der Waals surface area contributed by atoms with Gasteiger partial charge in [0.1, 0.15) is 11.9 Å². The van der Waals surface area contributed by atoms with E-state index in [2.05, 4.69) is 16.2 Å². The van der Waals surface area contributed by atoms with E-state index in [0.717, 1.165) is 0 Å². The van der Waals surface area contributed by atoms with E-state index in [1.807, 2.05) is 13.0 Å². The molecule has 0 saturated heterocycles. The third-order valence-electron chi connectivity index (χ3n) is 0.194. The highest BCUT2D eigenvalue weighted by molar-refractivity contribution is 6.10. The lowest BCUT2D eigenvalue weighted by Gasteiger charge is -1.59. The maximum atomic E-state index is 8.82. The minimum Gasteiger partial charge on any atom is -0.350 e. The van der Waals surface area contributed by atoms with Crippen molar-refractivity contribution in [2.45, 2.75) is 13.3 Å². The maximum Gasteiger partial charge on any atom is 0.312 e. The third-order valence-corrected chi connectivity index (χ3v) is 0.267. The Balaban J connectivity index is 0. The Hall–Kier alpha value is -0.750. The summed E-state index contributed by atoms with van der Waals surface area (Å²) in [6, 6.07) is 1.93. The maximum absolute atomic E-state index is 8.82. The number of carbonyl (C=O) groups is 1. The second-order valence-corrected chi connectivity index (χ2v) is 0.875. The smallest absolute Gasteiger partial charge is 0.312 e. The summed E-state index contributed by atoms with van der Waals surface area (Å²) in [4.78, 5) is 8.82. The van der Waals surface area contributed by atoms with Gasteiger partial charge < -0.3 is 4.29 Å². The summed E-state index contributed by atoms with van der Waals surface area (Å²) < 4.78 is 3.33. The standard InChI is InChI=1S/C3H5N.CHClO2/c1-2-3-4;2-4-1-3/h2H2,1H3;1H. The summed E-state index contributed by atoms with van der Waals surface area (Å²) in [6.45, 7) is 1.96. The molecule has 3 nitrogen and oxygen atoms in total. The first-order chi connectivity index (χ1) is 3.83. The molecule has 0 amide bonds. The molecule has 46 valence electrons. The largest absolute Gasteiger partial charge is 0.350 e. The Morgan fingerprint density at radius 2 is 2.25 bits per heavy atom. The molecule has 0 aromatic rings. The first-order valence-electron chi connectivity index (χ1n) is 1.91. The quantitative estimate of drug-likeness (QED) is 0.508. The van der Waals surface area contributed by atoms with Crippen molar-refractivity contribution < 1.29 is 9.08 Å². The van der Waals surface area contributed by atoms with Gasteiger partial charge in [-0.25, -0.2) is 0 Å². The summed E-state index contributed by atoms with van der Waals surface area (Å²) >= 11 is 4.32. The molecule has 0 unspecified atom stereocenters. The van der Waals surface area contributed by atoms with Crippen LogP contribution in [0.5, 0.6) is 0 Å². The molecule has 0 fully saturated rings. The van der Waals surface area contributed by atoms with E-state index in [1.165, 1.54) is 0 Å². The lowest BCUT2D eigenvalue weighted by atomic mass is 10.6. The fourth-order valence-corrected chi connectivity index (χ4v) is 0. The normalized spacial score (nSPS) is 5.12. The topological polar surface area (TPSA) is 50.1 Å². The molecule has 0 aliphatic carbocycles. The highest BCUT2D eigenvalue weighted by Gasteiger charge is 1.50. The lowest BCUT2D eigenvalue weighted by molar-refractivity contribution is -0.120. The van der Waals surface area contributed by atoms with Gasteiger partial charge in [-0.2, -0.15) is 5.26 Å². The second-order valence-electron chi connectivity index (χ2n) is 0.697. The Morgan fingerprint density at radius 3 is 2.25 bits per heavy atom. The van der Waals surface area contributed by atoms with Crippen molar-refractivity contribution >= 4 is 18.3 Å². The van der Waals surface area contributed by atoms with Gasteiger partial charge in [-0.05, 0) is 0 Å². The van der Waals surface area contributed by atoms with E-state index in [-0.39, 0.29) is 6.47 Å². The molecule has 0 aliphatic rings. The number of rotatable bonds is 1. The second kappa shape index (κ2) is 16.3. The molecule has 0 aliphatic heterocycles. The van der Waals surface area contributed by atoms with Gasteiger partial charge in [0.25, 0.3) is 0 Å². The van der Waals surface area contributed by atoms with Crippen LogP contribution in [0, 0.1) is 11.3 Å². The van der Waals surface area contributed by atoms with Gasteiger partial charge in [0.15, 0.2) is 0 Å². The van der Waals surface area contributed by atoms with Gasteiger partial charge in [-0.15, -0.1) is 0 Å². The van der Waals surface area contributed by atoms with Gasteiger partial charge >= 0.3 is 6.47 Å². The molecular weight excluding hydrogens is 130 g/mol. The predicted molar refractivity (Wildman–Crippen MR) is 28.9 cm³/mol. The molecule has 4 heteroatoms. The van der Waals surface area contributed by atoms with E-state index < -0.39 is 0 Å². The molecule has 0 radical (unpaired) electrons. The molecule has 0 spiro atoms. The van der Waals surface area contributed by atoms with E-state index in [4.69, 9.17) is 10.1 Å². The zero-order valence-electron chi connectivity index (χ0n) is 4.43. The fraction of sp³-hybridized carbons (Fsp3) is 0.500. The monoisotopic (exact) mass is 135 g/mol. The third kappa shape index (κ3) is 60.7. The van der Waals surface area contributed by atoms with Crippen LogP contribution in [0.1, 0.15) is 13.3 Å². The Kier molecular flexibility index (Phi) is 20.9. The molecule has 0 saturated carbocycles. The Bertz CT molecular complexity index is 78.6. The molecule has 8 heavy (non-hydrogen) atoms. The van der Waals surface area contributed by atoms with E-state index in [1.54, 1.807) is 0 Å². The Morgan fingerprint density at radius 1 is 2.00 bits per heavy atom. The van der Waals surface area contributed by atoms with Crippen molar-refractivity contribution in [2.75, 3.05) is 0 Å². The number of nitrogens with zero attached hydrogens (tertiary/aromatic N) is 1. The molecule has 0 aromatic carbocycles. The van der Waals surface area contributed by atoms with Crippen molar-refractivity contribution in [3.63, 3.8) is 0 Å². The van der Waals surface area contributed by atoms with Crippen LogP contribution in [-0.4, -0.2) is 6.47 Å². The van der Waals surface area contributed by atoms with Crippen LogP contribution >= 0.6 is 11.9 Å². The summed E-state index contributed by atoms with van der Waals surface area (Å²) in [5.41, 5.74) is 0. The molecule has 0 rings (SSSR count). The molecule has 0 atom stereocenters. The van der Waals surface area contributed by atoms with Crippen molar-refractivity contribution in [3.05, 3.63) is 0 Å². The number of halogens is 1. The van der Waals surface area contributed by atoms with Gasteiger partial charge in [0.05, 0.1) is 6.07 Å². The SMILES string of the molecule is CCC#N.O=COCl. The van der Waals surface area contributed by atoms with Gasteiger partial charge in [0, 0.05) is 6.42 Å². The van der Waals surface area contributed by atoms with Gasteiger partial charge in [-0.3, -0.25) is 4.79 Å². The van der Waals surface area contributed by atoms with Crippen LogP contribution in [0.4, 0.5) is 0 Å². The molecule has 0 N–H and O–H groups in total. The van der Waals surface area contributed by atoms with Crippen LogP contribution in [0.3, 0.4) is 0 Å². The molecular formula is C4H6ClNO2. The first kappa shape index (κ1) is 10.3. The number of hydrogen-bond acceptors (Lipinski definition) is 3. The zero-order chi connectivity index (χ0) is 6.83. The Labute approximate surface area is 53.0 Å². The van der Waals surface area contributed by atoms with Gasteiger partial charge in [-0.1, -0.05) is 6.92 Å². The highest BCUT2D eigenvalue weighted by atomic mass is 35.5. The minimum absolute atomic E-state index is 0.140. The van der Waals surface area contributed by atoms with Crippen LogP contribution in [0.2, 0.25) is 0 Å². The van der Waals surface area contributed by atoms with Gasteiger partial charge in [0.2, 0.25) is 0 Å². The summed E-state index contributed by atoms with van der Waals surface area (Å²) in [7, 11) is 0.